The fourth-order valence-electron chi connectivity index (χ4n) is 2.36. The Morgan fingerprint density at radius 2 is 1.85 bits per heavy atom. The Kier molecular flexibility index (Phi) is 5.34. The van der Waals surface area contributed by atoms with E-state index in [0.29, 0.717) is 27.8 Å². The van der Waals surface area contributed by atoms with Crippen LogP contribution in [0.5, 0.6) is 5.75 Å². The molecule has 2 aromatic carbocycles. The Bertz CT molecular complexity index is 932. The van der Waals surface area contributed by atoms with Crippen molar-refractivity contribution in [1.82, 2.24) is 9.97 Å². The lowest BCUT2D eigenvalue weighted by Crippen LogP contribution is -2.15. The minimum absolute atomic E-state index is 0.254. The van der Waals surface area contributed by atoms with Crippen LogP contribution in [-0.2, 0) is 0 Å². The van der Waals surface area contributed by atoms with Gasteiger partial charge in [0.05, 0.1) is 12.8 Å². The number of aromatic nitrogens is 2. The highest BCUT2D eigenvalue weighted by molar-refractivity contribution is 6.31. The number of hydrogen-bond acceptors (Lipinski definition) is 5. The molecule has 132 valence electrons. The zero-order valence-electron chi connectivity index (χ0n) is 14.3. The molecule has 0 saturated carbocycles. The quantitative estimate of drug-likeness (QED) is 0.696. The van der Waals surface area contributed by atoms with Gasteiger partial charge in [-0.25, -0.2) is 9.97 Å². The van der Waals surface area contributed by atoms with Gasteiger partial charge in [-0.3, -0.25) is 4.79 Å². The molecule has 0 spiro atoms. The third kappa shape index (κ3) is 4.29. The molecule has 0 atom stereocenters. The highest BCUT2D eigenvalue weighted by Crippen LogP contribution is 2.29. The third-order valence-corrected chi connectivity index (χ3v) is 3.76. The van der Waals surface area contributed by atoms with Gasteiger partial charge in [0, 0.05) is 16.4 Å². The number of benzene rings is 2. The van der Waals surface area contributed by atoms with Gasteiger partial charge >= 0.3 is 0 Å². The van der Waals surface area contributed by atoms with E-state index >= 15 is 0 Å². The first kappa shape index (κ1) is 17.7. The van der Waals surface area contributed by atoms with Gasteiger partial charge in [0.2, 0.25) is 5.95 Å². The average Bonchev–Trinajstić information content (AvgIpc) is 2.62. The number of nitrogens with zero attached hydrogens (tertiary/aromatic N) is 2. The molecule has 1 amide bonds. The fraction of sp³-hybridized carbons (Fsp3) is 0.105. The standard InChI is InChI=1S/C19H17ClN4O2/c1-12-10-16(18(25)22-14-6-4-3-5-7-14)24-19(21-12)23-15-11-13(20)8-9-17(15)26-2/h3-11H,1-2H3,(H,22,25)(H,21,23,24). The SMILES string of the molecule is COc1ccc(Cl)cc1Nc1nc(C)cc(C(=O)Nc2ccccc2)n1. The number of anilines is 3. The van der Waals surface area contributed by atoms with Crippen LogP contribution in [0.4, 0.5) is 17.3 Å². The van der Waals surface area contributed by atoms with Gasteiger partial charge in [0.1, 0.15) is 11.4 Å². The van der Waals surface area contributed by atoms with E-state index in [1.54, 1.807) is 38.3 Å². The van der Waals surface area contributed by atoms with Crippen molar-refractivity contribution in [3.05, 3.63) is 71.0 Å². The molecule has 26 heavy (non-hydrogen) atoms. The molecule has 1 heterocycles. The second-order valence-electron chi connectivity index (χ2n) is 5.51. The average molecular weight is 369 g/mol. The summed E-state index contributed by atoms with van der Waals surface area (Å²) in [5.74, 6) is 0.557. The fourth-order valence-corrected chi connectivity index (χ4v) is 2.53. The first-order chi connectivity index (χ1) is 12.5. The number of halogens is 1. The molecule has 0 bridgehead atoms. The number of carbonyl (C=O) groups is 1. The summed E-state index contributed by atoms with van der Waals surface area (Å²) in [6.45, 7) is 1.79. The topological polar surface area (TPSA) is 76.1 Å². The molecule has 0 saturated heterocycles. The molecular weight excluding hydrogens is 352 g/mol. The number of methoxy groups -OCH3 is 1. The van der Waals surface area contributed by atoms with Crippen molar-refractivity contribution >= 4 is 34.8 Å². The van der Waals surface area contributed by atoms with E-state index in [1.807, 2.05) is 30.3 Å². The maximum atomic E-state index is 12.5. The molecule has 0 aliphatic carbocycles. The van der Waals surface area contributed by atoms with Gasteiger partial charge < -0.3 is 15.4 Å². The van der Waals surface area contributed by atoms with E-state index < -0.39 is 0 Å². The van der Waals surface area contributed by atoms with E-state index in [2.05, 4.69) is 20.6 Å². The first-order valence-corrected chi connectivity index (χ1v) is 8.25. The summed E-state index contributed by atoms with van der Waals surface area (Å²) < 4.78 is 5.30. The van der Waals surface area contributed by atoms with Crippen LogP contribution < -0.4 is 15.4 Å². The Labute approximate surface area is 156 Å². The number of aryl methyl sites for hydroxylation is 1. The predicted molar refractivity (Wildman–Crippen MR) is 102 cm³/mol. The maximum Gasteiger partial charge on any atom is 0.274 e. The lowest BCUT2D eigenvalue weighted by atomic mass is 10.2. The summed E-state index contributed by atoms with van der Waals surface area (Å²) in [5, 5.41) is 6.40. The molecule has 0 aliphatic rings. The van der Waals surface area contributed by atoms with Crippen LogP contribution in [0, 0.1) is 6.92 Å². The van der Waals surface area contributed by atoms with Crippen LogP contribution in [0.2, 0.25) is 5.02 Å². The van der Waals surface area contributed by atoms with Gasteiger partial charge in [0.25, 0.3) is 5.91 Å². The van der Waals surface area contributed by atoms with E-state index in [4.69, 9.17) is 16.3 Å². The monoisotopic (exact) mass is 368 g/mol. The molecule has 0 radical (unpaired) electrons. The lowest BCUT2D eigenvalue weighted by molar-refractivity contribution is 0.102. The van der Waals surface area contributed by atoms with Gasteiger partial charge in [-0.1, -0.05) is 29.8 Å². The van der Waals surface area contributed by atoms with Crippen LogP contribution in [0.1, 0.15) is 16.2 Å². The highest BCUT2D eigenvalue weighted by Gasteiger charge is 2.12. The second-order valence-corrected chi connectivity index (χ2v) is 5.94. The van der Waals surface area contributed by atoms with Crippen molar-refractivity contribution in [2.75, 3.05) is 17.7 Å². The van der Waals surface area contributed by atoms with Crippen molar-refractivity contribution in [2.24, 2.45) is 0 Å². The first-order valence-electron chi connectivity index (χ1n) is 7.88. The number of rotatable bonds is 5. The highest BCUT2D eigenvalue weighted by atomic mass is 35.5. The summed E-state index contributed by atoms with van der Waals surface area (Å²) in [6, 6.07) is 16.0. The van der Waals surface area contributed by atoms with Crippen LogP contribution in [0.15, 0.2) is 54.6 Å². The van der Waals surface area contributed by atoms with Gasteiger partial charge in [-0.2, -0.15) is 0 Å². The number of amides is 1. The van der Waals surface area contributed by atoms with E-state index in [9.17, 15) is 4.79 Å². The Morgan fingerprint density at radius 1 is 1.08 bits per heavy atom. The Hall–Kier alpha value is -3.12. The zero-order valence-corrected chi connectivity index (χ0v) is 15.0. The summed E-state index contributed by atoms with van der Waals surface area (Å²) in [6.07, 6.45) is 0. The molecule has 3 aromatic rings. The smallest absolute Gasteiger partial charge is 0.274 e. The molecule has 6 nitrogen and oxygen atoms in total. The van der Waals surface area contributed by atoms with Gasteiger partial charge in [-0.05, 0) is 43.3 Å². The van der Waals surface area contributed by atoms with E-state index in [0.717, 1.165) is 0 Å². The van der Waals surface area contributed by atoms with E-state index in [-0.39, 0.29) is 17.5 Å². The normalized spacial score (nSPS) is 10.3. The summed E-state index contributed by atoms with van der Waals surface area (Å²) in [5.41, 5.74) is 2.21. The van der Waals surface area contributed by atoms with Crippen molar-refractivity contribution < 1.29 is 9.53 Å². The molecule has 1 aromatic heterocycles. The molecule has 7 heteroatoms. The minimum atomic E-state index is -0.317. The number of ether oxygens (including phenoxy) is 1. The molecule has 3 rings (SSSR count). The number of hydrogen-bond donors (Lipinski definition) is 2. The van der Waals surface area contributed by atoms with Crippen LogP contribution >= 0.6 is 11.6 Å². The molecule has 0 unspecified atom stereocenters. The van der Waals surface area contributed by atoms with Crippen molar-refractivity contribution in [2.45, 2.75) is 6.92 Å². The van der Waals surface area contributed by atoms with Crippen molar-refractivity contribution in [1.29, 1.82) is 0 Å². The van der Waals surface area contributed by atoms with Crippen molar-refractivity contribution in [3.63, 3.8) is 0 Å². The number of para-hydroxylation sites is 1. The molecule has 0 fully saturated rings. The Balaban J connectivity index is 1.86. The minimum Gasteiger partial charge on any atom is -0.495 e. The maximum absolute atomic E-state index is 12.5. The summed E-state index contributed by atoms with van der Waals surface area (Å²) >= 11 is 6.04. The largest absolute Gasteiger partial charge is 0.495 e. The predicted octanol–water partition coefficient (Wildman–Crippen LogP) is 4.44. The molecule has 2 N–H and O–H groups in total. The van der Waals surface area contributed by atoms with Gasteiger partial charge in [-0.15, -0.1) is 0 Å². The third-order valence-electron chi connectivity index (χ3n) is 3.53. The lowest BCUT2D eigenvalue weighted by Gasteiger charge is -2.12. The van der Waals surface area contributed by atoms with Crippen LogP contribution in [0.25, 0.3) is 0 Å². The van der Waals surface area contributed by atoms with Gasteiger partial charge in [0.15, 0.2) is 0 Å². The van der Waals surface area contributed by atoms with Crippen molar-refractivity contribution in [3.8, 4) is 5.75 Å². The number of nitrogens with one attached hydrogen (secondary N) is 2. The van der Waals surface area contributed by atoms with Crippen LogP contribution in [-0.4, -0.2) is 23.0 Å². The second kappa shape index (κ2) is 7.84. The zero-order chi connectivity index (χ0) is 18.5. The Morgan fingerprint density at radius 3 is 2.58 bits per heavy atom. The summed E-state index contributed by atoms with van der Waals surface area (Å²) in [7, 11) is 1.56. The number of carbonyl (C=O) groups excluding carboxylic acids is 1. The van der Waals surface area contributed by atoms with E-state index in [1.165, 1.54) is 0 Å². The summed E-state index contributed by atoms with van der Waals surface area (Å²) in [4.78, 5) is 21.1. The van der Waals surface area contributed by atoms with Crippen LogP contribution in [0.3, 0.4) is 0 Å². The molecule has 0 aliphatic heterocycles. The molecular formula is C19H17ClN4O2.